The van der Waals surface area contributed by atoms with E-state index >= 15 is 0 Å². The average Bonchev–Trinajstić information content (AvgIpc) is 3.44. The molecule has 8 unspecified atom stereocenters. The van der Waals surface area contributed by atoms with Gasteiger partial charge in [0, 0.05) is 56.6 Å². The third kappa shape index (κ3) is 4.17. The Labute approximate surface area is 189 Å². The molecule has 5 aliphatic rings. The molecule has 2 saturated carbocycles. The van der Waals surface area contributed by atoms with E-state index in [-0.39, 0.29) is 47.9 Å². The Morgan fingerprint density at radius 3 is 2.59 bits per heavy atom. The number of nitrogens with zero attached hydrogens (tertiary/aromatic N) is 2. The van der Waals surface area contributed by atoms with E-state index in [1.807, 2.05) is 4.90 Å². The zero-order chi connectivity index (χ0) is 22.6. The normalized spacial score (nSPS) is 46.7. The minimum Gasteiger partial charge on any atom is -0.352 e. The summed E-state index contributed by atoms with van der Waals surface area (Å²) in [7, 11) is 0. The van der Waals surface area contributed by atoms with Gasteiger partial charge < -0.3 is 15.5 Å². The van der Waals surface area contributed by atoms with Gasteiger partial charge in [0.15, 0.2) is 0 Å². The number of likely N-dealkylation sites (tertiary alicyclic amines) is 2. The molecule has 10 atom stereocenters. The predicted molar refractivity (Wildman–Crippen MR) is 117 cm³/mol. The van der Waals surface area contributed by atoms with Crippen molar-refractivity contribution >= 4 is 11.8 Å². The van der Waals surface area contributed by atoms with Crippen molar-refractivity contribution < 1.29 is 18.4 Å². The number of halogens is 2. The monoisotopic (exact) mass is 452 g/mol. The largest absolute Gasteiger partial charge is 0.352 e. The van der Waals surface area contributed by atoms with Gasteiger partial charge in [-0.25, -0.2) is 8.78 Å². The SMILES string of the molecule is CC(=O)N1CC[C@H]2CN(C3CC(F)CC(NC(=O)C4CC5C(F)CCC(C)C5N4)C3)C[C@H]21. The topological polar surface area (TPSA) is 64.7 Å². The van der Waals surface area contributed by atoms with E-state index in [0.29, 0.717) is 37.5 Å². The number of nitrogens with one attached hydrogen (secondary N) is 2. The highest BCUT2D eigenvalue weighted by Gasteiger charge is 2.48. The van der Waals surface area contributed by atoms with Crippen molar-refractivity contribution in [1.82, 2.24) is 20.4 Å². The molecule has 0 radical (unpaired) electrons. The van der Waals surface area contributed by atoms with Crippen LogP contribution in [0.25, 0.3) is 0 Å². The lowest BCUT2D eigenvalue weighted by Gasteiger charge is -2.38. The molecule has 0 bridgehead atoms. The summed E-state index contributed by atoms with van der Waals surface area (Å²) in [5.41, 5.74) is 0. The Kier molecular flexibility index (Phi) is 6.20. The second-order valence-electron chi connectivity index (χ2n) is 11.2. The van der Waals surface area contributed by atoms with Crippen LogP contribution in [0.15, 0.2) is 0 Å². The Morgan fingerprint density at radius 1 is 1.03 bits per heavy atom. The zero-order valence-corrected chi connectivity index (χ0v) is 19.3. The molecule has 0 aromatic rings. The van der Waals surface area contributed by atoms with Crippen molar-refractivity contribution in [1.29, 1.82) is 0 Å². The van der Waals surface area contributed by atoms with Gasteiger partial charge in [-0.2, -0.15) is 0 Å². The van der Waals surface area contributed by atoms with Crippen LogP contribution >= 0.6 is 0 Å². The molecule has 0 aromatic heterocycles. The highest BCUT2D eigenvalue weighted by atomic mass is 19.1. The second kappa shape index (κ2) is 8.82. The van der Waals surface area contributed by atoms with E-state index in [9.17, 15) is 18.4 Å². The van der Waals surface area contributed by atoms with E-state index < -0.39 is 12.3 Å². The van der Waals surface area contributed by atoms with E-state index in [0.717, 1.165) is 38.9 Å². The summed E-state index contributed by atoms with van der Waals surface area (Å²) in [6, 6.07) is -0.156. The molecule has 5 fully saturated rings. The van der Waals surface area contributed by atoms with Gasteiger partial charge in [0.1, 0.15) is 12.3 Å². The molecule has 3 saturated heterocycles. The molecule has 32 heavy (non-hydrogen) atoms. The quantitative estimate of drug-likeness (QED) is 0.688. The molecule has 0 spiro atoms. The molecule has 0 aromatic carbocycles. The minimum absolute atomic E-state index is 0.0655. The molecular weight excluding hydrogens is 414 g/mol. The van der Waals surface area contributed by atoms with E-state index in [2.05, 4.69) is 22.5 Å². The summed E-state index contributed by atoms with van der Waals surface area (Å²) >= 11 is 0. The molecule has 5 rings (SSSR count). The molecular formula is C24H38F2N4O2. The van der Waals surface area contributed by atoms with Gasteiger partial charge in [0.05, 0.1) is 6.04 Å². The van der Waals surface area contributed by atoms with Crippen LogP contribution in [0.5, 0.6) is 0 Å². The molecule has 2 aliphatic carbocycles. The maximum Gasteiger partial charge on any atom is 0.237 e. The third-order valence-electron chi connectivity index (χ3n) is 9.12. The van der Waals surface area contributed by atoms with Gasteiger partial charge in [-0.05, 0) is 56.8 Å². The van der Waals surface area contributed by atoms with Crippen molar-refractivity contribution in [3.8, 4) is 0 Å². The van der Waals surface area contributed by atoms with E-state index in [4.69, 9.17) is 0 Å². The Bertz CT molecular complexity index is 721. The van der Waals surface area contributed by atoms with Crippen LogP contribution in [0.4, 0.5) is 8.78 Å². The molecule has 3 aliphatic heterocycles. The maximum atomic E-state index is 14.7. The van der Waals surface area contributed by atoms with Crippen molar-refractivity contribution in [2.45, 2.75) is 101 Å². The molecule has 6 nitrogen and oxygen atoms in total. The van der Waals surface area contributed by atoms with Gasteiger partial charge >= 0.3 is 0 Å². The standard InChI is InChI=1S/C24H38F2N4O2/c1-13-3-4-20(26)19-10-21(28-23(13)19)24(32)27-17-7-16(25)8-18(9-17)29-11-15-5-6-30(14(2)31)22(15)12-29/h13,15-23,28H,3-12H2,1-2H3,(H,27,32)/t13?,15-,16?,17?,18?,19?,20?,21?,22+,23?/m0/s1. The van der Waals surface area contributed by atoms with Gasteiger partial charge in [0.25, 0.3) is 0 Å². The van der Waals surface area contributed by atoms with E-state index in [1.165, 1.54) is 0 Å². The number of fused-ring (bicyclic) bond motifs is 2. The summed E-state index contributed by atoms with van der Waals surface area (Å²) in [6.45, 7) is 6.33. The van der Waals surface area contributed by atoms with Crippen molar-refractivity contribution in [2.24, 2.45) is 17.8 Å². The minimum atomic E-state index is -0.933. The highest BCUT2D eigenvalue weighted by Crippen LogP contribution is 2.39. The number of carbonyl (C=O) groups is 2. The van der Waals surface area contributed by atoms with Crippen LogP contribution in [-0.4, -0.2) is 83.8 Å². The first-order valence-corrected chi connectivity index (χ1v) is 12.7. The van der Waals surface area contributed by atoms with Crippen molar-refractivity contribution in [3.63, 3.8) is 0 Å². The van der Waals surface area contributed by atoms with Crippen LogP contribution in [-0.2, 0) is 9.59 Å². The maximum absolute atomic E-state index is 14.7. The van der Waals surface area contributed by atoms with Crippen LogP contribution in [0, 0.1) is 17.8 Å². The molecule has 180 valence electrons. The van der Waals surface area contributed by atoms with Gasteiger partial charge in [-0.15, -0.1) is 0 Å². The summed E-state index contributed by atoms with van der Waals surface area (Å²) < 4.78 is 29.1. The summed E-state index contributed by atoms with van der Waals surface area (Å²) in [6.07, 6.45) is 2.83. The number of carbonyl (C=O) groups excluding carboxylic acids is 2. The summed E-state index contributed by atoms with van der Waals surface area (Å²) in [5.74, 6) is 0.802. The van der Waals surface area contributed by atoms with Crippen molar-refractivity contribution in [3.05, 3.63) is 0 Å². The fraction of sp³-hybridized carbons (Fsp3) is 0.917. The summed E-state index contributed by atoms with van der Waals surface area (Å²) in [5, 5.41) is 6.49. The Hall–Kier alpha value is -1.28. The van der Waals surface area contributed by atoms with Crippen LogP contribution in [0.2, 0.25) is 0 Å². The first kappa shape index (κ1) is 22.5. The van der Waals surface area contributed by atoms with Gasteiger partial charge in [0.2, 0.25) is 11.8 Å². The lowest BCUT2D eigenvalue weighted by atomic mass is 9.77. The fourth-order valence-electron chi connectivity index (χ4n) is 7.42. The van der Waals surface area contributed by atoms with Gasteiger partial charge in [-0.1, -0.05) is 6.92 Å². The lowest BCUT2D eigenvalue weighted by Crippen LogP contribution is -2.53. The van der Waals surface area contributed by atoms with Crippen LogP contribution < -0.4 is 10.6 Å². The number of alkyl halides is 2. The Morgan fingerprint density at radius 2 is 1.84 bits per heavy atom. The third-order valence-corrected chi connectivity index (χ3v) is 9.12. The first-order chi connectivity index (χ1) is 15.3. The highest BCUT2D eigenvalue weighted by molar-refractivity contribution is 5.82. The van der Waals surface area contributed by atoms with Gasteiger partial charge in [-0.3, -0.25) is 14.5 Å². The second-order valence-corrected chi connectivity index (χ2v) is 11.2. The molecule has 2 amide bonds. The average molecular weight is 453 g/mol. The fourth-order valence-corrected chi connectivity index (χ4v) is 7.42. The smallest absolute Gasteiger partial charge is 0.237 e. The predicted octanol–water partition coefficient (Wildman–Crippen LogP) is 2.03. The van der Waals surface area contributed by atoms with E-state index in [1.54, 1.807) is 6.92 Å². The number of hydrogen-bond acceptors (Lipinski definition) is 4. The zero-order valence-electron chi connectivity index (χ0n) is 19.3. The van der Waals surface area contributed by atoms with Crippen molar-refractivity contribution in [2.75, 3.05) is 19.6 Å². The first-order valence-electron chi connectivity index (χ1n) is 12.7. The molecule has 8 heteroatoms. The van der Waals surface area contributed by atoms with Crippen LogP contribution in [0.3, 0.4) is 0 Å². The number of amides is 2. The molecule has 3 heterocycles. The Balaban J connectivity index is 1.18. The molecule has 2 N–H and O–H groups in total. The summed E-state index contributed by atoms with van der Waals surface area (Å²) in [4.78, 5) is 29.3. The number of hydrogen-bond donors (Lipinski definition) is 2. The van der Waals surface area contributed by atoms with Crippen LogP contribution in [0.1, 0.15) is 58.8 Å². The lowest BCUT2D eigenvalue weighted by molar-refractivity contribution is -0.130. The number of rotatable bonds is 3.